The molecule has 0 aliphatic carbocycles. The third-order valence-corrected chi connectivity index (χ3v) is 4.91. The van der Waals surface area contributed by atoms with Crippen LogP contribution in [0.3, 0.4) is 0 Å². The molecule has 0 saturated heterocycles. The quantitative estimate of drug-likeness (QED) is 0.566. The van der Waals surface area contributed by atoms with Crippen molar-refractivity contribution < 1.29 is 14.6 Å². The molecule has 4 nitrogen and oxygen atoms in total. The van der Waals surface area contributed by atoms with Gasteiger partial charge in [0, 0.05) is 5.02 Å². The van der Waals surface area contributed by atoms with E-state index in [-0.39, 0.29) is 6.42 Å². The monoisotopic (exact) mass is 495 g/mol. The van der Waals surface area contributed by atoms with E-state index in [2.05, 4.69) is 31.9 Å². The molecule has 2 rings (SSSR count). The second-order valence-electron chi connectivity index (χ2n) is 5.17. The van der Waals surface area contributed by atoms with Crippen molar-refractivity contribution in [3.05, 3.63) is 54.4 Å². The maximum atomic E-state index is 10.9. The second-order valence-corrected chi connectivity index (χ2v) is 7.73. The van der Waals surface area contributed by atoms with E-state index in [0.717, 1.165) is 11.1 Å². The SMILES string of the molecule is Cc1cc(Cl)cc(Cl)c1Oc1c(Br)cc(CC(N)C(=O)O)cc1Br. The zero-order valence-electron chi connectivity index (χ0n) is 12.4. The van der Waals surface area contributed by atoms with Gasteiger partial charge in [-0.3, -0.25) is 4.79 Å². The molecule has 3 N–H and O–H groups in total. The number of nitrogens with two attached hydrogens (primary N) is 1. The number of hydrogen-bond donors (Lipinski definition) is 2. The highest BCUT2D eigenvalue weighted by Crippen LogP contribution is 2.42. The van der Waals surface area contributed by atoms with Crippen LogP contribution in [-0.4, -0.2) is 17.1 Å². The molecule has 0 heterocycles. The van der Waals surface area contributed by atoms with Gasteiger partial charge in [0.25, 0.3) is 0 Å². The molecule has 0 saturated carbocycles. The Balaban J connectivity index is 2.34. The Morgan fingerprint density at radius 1 is 1.21 bits per heavy atom. The van der Waals surface area contributed by atoms with Gasteiger partial charge in [0.1, 0.15) is 11.8 Å². The smallest absolute Gasteiger partial charge is 0.320 e. The van der Waals surface area contributed by atoms with Gasteiger partial charge < -0.3 is 15.6 Å². The number of carboxylic acid groups (broad SMARTS) is 1. The minimum atomic E-state index is -1.05. The van der Waals surface area contributed by atoms with E-state index < -0.39 is 12.0 Å². The summed E-state index contributed by atoms with van der Waals surface area (Å²) in [5.41, 5.74) is 7.13. The van der Waals surface area contributed by atoms with Crippen molar-refractivity contribution in [1.29, 1.82) is 0 Å². The Hall–Kier alpha value is -0.790. The fraction of sp³-hybridized carbons (Fsp3) is 0.188. The molecule has 2 aromatic carbocycles. The van der Waals surface area contributed by atoms with Crippen LogP contribution in [0.4, 0.5) is 0 Å². The van der Waals surface area contributed by atoms with Crippen LogP contribution in [0.25, 0.3) is 0 Å². The van der Waals surface area contributed by atoms with Crippen LogP contribution < -0.4 is 10.5 Å². The minimum absolute atomic E-state index is 0.202. The van der Waals surface area contributed by atoms with Crippen LogP contribution >= 0.6 is 55.1 Å². The summed E-state index contributed by atoms with van der Waals surface area (Å²) in [7, 11) is 0. The summed E-state index contributed by atoms with van der Waals surface area (Å²) in [4.78, 5) is 10.9. The average Bonchev–Trinajstić information content (AvgIpc) is 2.44. The predicted octanol–water partition coefficient (Wildman–Crippen LogP) is 5.57. The number of halogens is 4. The van der Waals surface area contributed by atoms with Crippen molar-refractivity contribution in [2.45, 2.75) is 19.4 Å². The van der Waals surface area contributed by atoms with Gasteiger partial charge in [-0.15, -0.1) is 0 Å². The second kappa shape index (κ2) is 8.06. The van der Waals surface area contributed by atoms with E-state index in [1.54, 1.807) is 24.3 Å². The van der Waals surface area contributed by atoms with Crippen molar-refractivity contribution in [3.63, 3.8) is 0 Å². The Morgan fingerprint density at radius 3 is 2.29 bits per heavy atom. The van der Waals surface area contributed by atoms with Gasteiger partial charge in [-0.05, 0) is 80.6 Å². The molecular weight excluding hydrogens is 485 g/mol. The number of rotatable bonds is 5. The van der Waals surface area contributed by atoms with Gasteiger partial charge in [-0.1, -0.05) is 23.2 Å². The maximum absolute atomic E-state index is 10.9. The lowest BCUT2D eigenvalue weighted by Gasteiger charge is -2.15. The Labute approximate surface area is 166 Å². The molecule has 0 aliphatic rings. The summed E-state index contributed by atoms with van der Waals surface area (Å²) in [5, 5.41) is 9.84. The maximum Gasteiger partial charge on any atom is 0.320 e. The van der Waals surface area contributed by atoms with E-state index in [4.69, 9.17) is 38.8 Å². The van der Waals surface area contributed by atoms with Crippen LogP contribution in [0.5, 0.6) is 11.5 Å². The summed E-state index contributed by atoms with van der Waals surface area (Å²) in [6, 6.07) is 5.92. The van der Waals surface area contributed by atoms with Crippen molar-refractivity contribution in [1.82, 2.24) is 0 Å². The van der Waals surface area contributed by atoms with E-state index in [0.29, 0.717) is 30.5 Å². The number of ether oxygens (including phenoxy) is 1. The molecule has 2 aromatic rings. The topological polar surface area (TPSA) is 72.5 Å². The molecule has 1 unspecified atom stereocenters. The molecule has 24 heavy (non-hydrogen) atoms. The minimum Gasteiger partial charge on any atom is -0.480 e. The number of carboxylic acids is 1. The van der Waals surface area contributed by atoms with Crippen LogP contribution in [0.15, 0.2) is 33.2 Å². The number of aryl methyl sites for hydroxylation is 1. The highest BCUT2D eigenvalue weighted by molar-refractivity contribution is 9.11. The summed E-state index contributed by atoms with van der Waals surface area (Å²) in [6.45, 7) is 1.84. The van der Waals surface area contributed by atoms with E-state index in [1.807, 2.05) is 6.92 Å². The van der Waals surface area contributed by atoms with E-state index in [1.165, 1.54) is 0 Å². The van der Waals surface area contributed by atoms with Crippen molar-refractivity contribution in [2.75, 3.05) is 0 Å². The first-order valence-corrected chi connectivity index (χ1v) is 9.13. The van der Waals surface area contributed by atoms with Crippen molar-refractivity contribution >= 4 is 61.0 Å². The highest BCUT2D eigenvalue weighted by atomic mass is 79.9. The van der Waals surface area contributed by atoms with E-state index in [9.17, 15) is 4.79 Å². The first-order valence-electron chi connectivity index (χ1n) is 6.79. The van der Waals surface area contributed by atoms with E-state index >= 15 is 0 Å². The van der Waals surface area contributed by atoms with Crippen LogP contribution in [0, 0.1) is 6.92 Å². The normalized spacial score (nSPS) is 12.1. The lowest BCUT2D eigenvalue weighted by atomic mass is 10.1. The molecule has 0 spiro atoms. The van der Waals surface area contributed by atoms with Gasteiger partial charge in [-0.25, -0.2) is 0 Å². The molecule has 8 heteroatoms. The standard InChI is InChI=1S/C16H13Br2Cl2NO3/c1-7-2-9(19)6-12(20)14(7)24-15-10(17)3-8(4-11(15)18)5-13(21)16(22)23/h2-4,6,13H,5,21H2,1H3,(H,22,23). The van der Waals surface area contributed by atoms with Crippen molar-refractivity contribution in [2.24, 2.45) is 5.73 Å². The number of hydrogen-bond acceptors (Lipinski definition) is 3. The zero-order chi connectivity index (χ0) is 18.0. The van der Waals surface area contributed by atoms with Gasteiger partial charge in [-0.2, -0.15) is 0 Å². The number of benzene rings is 2. The van der Waals surface area contributed by atoms with Gasteiger partial charge in [0.2, 0.25) is 0 Å². The fourth-order valence-electron chi connectivity index (χ4n) is 2.09. The molecule has 1 atom stereocenters. The molecule has 0 fully saturated rings. The molecule has 0 radical (unpaired) electrons. The van der Waals surface area contributed by atoms with Gasteiger partial charge in [0.05, 0.1) is 14.0 Å². The fourth-order valence-corrected chi connectivity index (χ4v) is 4.17. The summed E-state index contributed by atoms with van der Waals surface area (Å²) in [6.07, 6.45) is 0.202. The molecule has 0 aliphatic heterocycles. The first-order chi connectivity index (χ1) is 11.2. The Bertz CT molecular complexity index is 753. The predicted molar refractivity (Wildman–Crippen MR) is 102 cm³/mol. The largest absolute Gasteiger partial charge is 0.480 e. The lowest BCUT2D eigenvalue weighted by Crippen LogP contribution is -2.32. The zero-order valence-corrected chi connectivity index (χ0v) is 17.1. The number of carbonyl (C=O) groups is 1. The first kappa shape index (κ1) is 19.5. The highest BCUT2D eigenvalue weighted by Gasteiger charge is 2.17. The van der Waals surface area contributed by atoms with Gasteiger partial charge in [0.15, 0.2) is 5.75 Å². The Kier molecular flexibility index (Phi) is 6.56. The third-order valence-electron chi connectivity index (χ3n) is 3.23. The van der Waals surface area contributed by atoms with Gasteiger partial charge >= 0.3 is 5.97 Å². The molecular formula is C16H13Br2Cl2NO3. The van der Waals surface area contributed by atoms with Crippen molar-refractivity contribution in [3.8, 4) is 11.5 Å². The summed E-state index contributed by atoms with van der Waals surface area (Å²) >= 11 is 19.0. The Morgan fingerprint density at radius 2 is 1.79 bits per heavy atom. The molecule has 0 aromatic heterocycles. The summed E-state index contributed by atoms with van der Waals surface area (Å²) < 4.78 is 7.23. The third kappa shape index (κ3) is 4.64. The number of aliphatic carboxylic acids is 1. The average molecular weight is 498 g/mol. The van der Waals surface area contributed by atoms with Crippen LogP contribution in [0.2, 0.25) is 10.0 Å². The van der Waals surface area contributed by atoms with Crippen LogP contribution in [0.1, 0.15) is 11.1 Å². The molecule has 0 amide bonds. The summed E-state index contributed by atoms with van der Waals surface area (Å²) in [5.74, 6) is -0.0291. The molecule has 0 bridgehead atoms. The van der Waals surface area contributed by atoms with Crippen LogP contribution in [-0.2, 0) is 11.2 Å². The molecule has 128 valence electrons. The lowest BCUT2D eigenvalue weighted by molar-refractivity contribution is -0.138.